The summed E-state index contributed by atoms with van der Waals surface area (Å²) in [5.74, 6) is 0.514. The summed E-state index contributed by atoms with van der Waals surface area (Å²) in [6.45, 7) is 6.96. The van der Waals surface area contributed by atoms with Gasteiger partial charge in [-0.15, -0.1) is 0 Å². The molecule has 1 saturated heterocycles. The molecule has 1 unspecified atom stereocenters. The van der Waals surface area contributed by atoms with Crippen LogP contribution < -0.4 is 16.4 Å². The Bertz CT molecular complexity index is 307. The van der Waals surface area contributed by atoms with Gasteiger partial charge < -0.3 is 21.3 Å². The van der Waals surface area contributed by atoms with Crippen LogP contribution in [0.25, 0.3) is 0 Å². The van der Waals surface area contributed by atoms with Gasteiger partial charge in [0.25, 0.3) is 0 Å². The van der Waals surface area contributed by atoms with Gasteiger partial charge in [-0.3, -0.25) is 4.79 Å². The summed E-state index contributed by atoms with van der Waals surface area (Å²) in [7, 11) is 0. The molecule has 1 rings (SSSR count). The minimum Gasteiger partial charge on any atom is -0.352 e. The van der Waals surface area contributed by atoms with Gasteiger partial charge in [-0.2, -0.15) is 0 Å². The maximum Gasteiger partial charge on any atom is 0.312 e. The number of rotatable bonds is 6. The normalized spacial score (nSPS) is 19.5. The number of nitrogens with two attached hydrogens (primary N) is 1. The highest BCUT2D eigenvalue weighted by molar-refractivity contribution is 5.76. The van der Waals surface area contributed by atoms with E-state index in [0.717, 1.165) is 32.5 Å². The molecule has 0 spiro atoms. The molecule has 1 atom stereocenters. The largest absolute Gasteiger partial charge is 0.352 e. The lowest BCUT2D eigenvalue weighted by molar-refractivity contribution is -0.132. The summed E-state index contributed by atoms with van der Waals surface area (Å²) >= 11 is 0. The van der Waals surface area contributed by atoms with Gasteiger partial charge >= 0.3 is 6.03 Å². The predicted octanol–water partition coefficient (Wildman–Crippen LogP) is 0.281. The molecule has 1 fully saturated rings. The minimum atomic E-state index is -0.496. The van der Waals surface area contributed by atoms with Gasteiger partial charge in [-0.25, -0.2) is 4.79 Å². The zero-order valence-electron chi connectivity index (χ0n) is 11.9. The molecule has 1 aliphatic rings. The number of piperidine rings is 1. The fourth-order valence-electron chi connectivity index (χ4n) is 2.33. The first-order valence-corrected chi connectivity index (χ1v) is 7.03. The molecule has 6 heteroatoms. The van der Waals surface area contributed by atoms with Crippen LogP contribution in [0.4, 0.5) is 4.79 Å². The van der Waals surface area contributed by atoms with Crippen molar-refractivity contribution in [2.45, 2.75) is 39.2 Å². The van der Waals surface area contributed by atoms with Crippen molar-refractivity contribution in [2.24, 2.45) is 11.7 Å². The van der Waals surface area contributed by atoms with E-state index >= 15 is 0 Å². The molecule has 0 radical (unpaired) electrons. The van der Waals surface area contributed by atoms with Crippen LogP contribution in [0, 0.1) is 5.92 Å². The molecule has 6 nitrogen and oxygen atoms in total. The molecule has 0 aromatic rings. The molecule has 1 aliphatic heterocycles. The lowest BCUT2D eigenvalue weighted by Gasteiger charge is -2.33. The Labute approximate surface area is 115 Å². The van der Waals surface area contributed by atoms with Crippen molar-refractivity contribution in [1.82, 2.24) is 15.5 Å². The Morgan fingerprint density at radius 1 is 1.42 bits per heavy atom. The summed E-state index contributed by atoms with van der Waals surface area (Å²) in [6, 6.07) is -0.0914. The highest BCUT2D eigenvalue weighted by atomic mass is 16.2. The molecule has 110 valence electrons. The average molecular weight is 270 g/mol. The quantitative estimate of drug-likeness (QED) is 0.648. The number of hydrogen-bond acceptors (Lipinski definition) is 3. The van der Waals surface area contributed by atoms with E-state index in [2.05, 4.69) is 24.5 Å². The lowest BCUT2D eigenvalue weighted by Crippen LogP contribution is -2.45. The average Bonchev–Trinajstić information content (AvgIpc) is 2.36. The second-order valence-electron chi connectivity index (χ2n) is 5.45. The molecular formula is C13H26N4O2. The SMILES string of the molecule is CC(C)NCCC(=O)N1CCCC(CNC(N)=O)C1. The molecule has 0 saturated carbocycles. The maximum absolute atomic E-state index is 12.0. The number of likely N-dealkylation sites (tertiary alicyclic amines) is 1. The molecule has 3 amide bonds. The van der Waals surface area contributed by atoms with Crippen molar-refractivity contribution in [3.63, 3.8) is 0 Å². The van der Waals surface area contributed by atoms with Crippen molar-refractivity contribution in [3.05, 3.63) is 0 Å². The number of carbonyl (C=O) groups is 2. The maximum atomic E-state index is 12.0. The smallest absolute Gasteiger partial charge is 0.312 e. The van der Waals surface area contributed by atoms with Crippen molar-refractivity contribution in [1.29, 1.82) is 0 Å². The number of urea groups is 1. The number of carbonyl (C=O) groups excluding carboxylic acids is 2. The van der Waals surface area contributed by atoms with Crippen molar-refractivity contribution >= 4 is 11.9 Å². The monoisotopic (exact) mass is 270 g/mol. The number of hydrogen-bond donors (Lipinski definition) is 3. The fourth-order valence-corrected chi connectivity index (χ4v) is 2.33. The molecule has 4 N–H and O–H groups in total. The minimum absolute atomic E-state index is 0.192. The molecule has 19 heavy (non-hydrogen) atoms. The van der Waals surface area contributed by atoms with E-state index in [4.69, 9.17) is 5.73 Å². The van der Waals surface area contributed by atoms with Crippen LogP contribution >= 0.6 is 0 Å². The number of nitrogens with one attached hydrogen (secondary N) is 2. The lowest BCUT2D eigenvalue weighted by atomic mass is 9.98. The highest BCUT2D eigenvalue weighted by Crippen LogP contribution is 2.16. The van der Waals surface area contributed by atoms with Crippen LogP contribution in [0.1, 0.15) is 33.1 Å². The van der Waals surface area contributed by atoms with Crippen LogP contribution in [0.2, 0.25) is 0 Å². The second-order valence-corrected chi connectivity index (χ2v) is 5.45. The van der Waals surface area contributed by atoms with Crippen LogP contribution in [0.3, 0.4) is 0 Å². The Kier molecular flexibility index (Phi) is 6.62. The van der Waals surface area contributed by atoms with Gasteiger partial charge in [0.05, 0.1) is 0 Å². The van der Waals surface area contributed by atoms with E-state index in [1.807, 2.05) is 4.90 Å². The first kappa shape index (κ1) is 15.8. The third kappa shape index (κ3) is 6.42. The van der Waals surface area contributed by atoms with Crippen LogP contribution in [-0.2, 0) is 4.79 Å². The summed E-state index contributed by atoms with van der Waals surface area (Å²) in [4.78, 5) is 24.6. The third-order valence-corrected chi connectivity index (χ3v) is 3.33. The fraction of sp³-hybridized carbons (Fsp3) is 0.846. The number of primary amides is 1. The first-order valence-electron chi connectivity index (χ1n) is 7.03. The van der Waals surface area contributed by atoms with Crippen LogP contribution in [-0.4, -0.2) is 49.1 Å². The van der Waals surface area contributed by atoms with Gasteiger partial charge in [0.2, 0.25) is 5.91 Å². The summed E-state index contributed by atoms with van der Waals surface area (Å²) in [6.07, 6.45) is 2.57. The van der Waals surface area contributed by atoms with Gasteiger partial charge in [0, 0.05) is 38.6 Å². The van der Waals surface area contributed by atoms with Gasteiger partial charge in [0.15, 0.2) is 0 Å². The molecule has 0 aromatic carbocycles. The Morgan fingerprint density at radius 3 is 2.79 bits per heavy atom. The van der Waals surface area contributed by atoms with Crippen molar-refractivity contribution in [3.8, 4) is 0 Å². The van der Waals surface area contributed by atoms with Gasteiger partial charge in [-0.05, 0) is 18.8 Å². The summed E-state index contributed by atoms with van der Waals surface area (Å²) in [5.41, 5.74) is 5.06. The van der Waals surface area contributed by atoms with Crippen molar-refractivity contribution < 1.29 is 9.59 Å². The zero-order chi connectivity index (χ0) is 14.3. The second kappa shape index (κ2) is 7.99. The topological polar surface area (TPSA) is 87.5 Å². The van der Waals surface area contributed by atoms with E-state index in [0.29, 0.717) is 24.9 Å². The van der Waals surface area contributed by atoms with E-state index in [1.165, 1.54) is 0 Å². The van der Waals surface area contributed by atoms with E-state index < -0.39 is 6.03 Å². The van der Waals surface area contributed by atoms with Crippen molar-refractivity contribution in [2.75, 3.05) is 26.2 Å². The number of nitrogens with zero attached hydrogens (tertiary/aromatic N) is 1. The Morgan fingerprint density at radius 2 is 2.16 bits per heavy atom. The standard InChI is InChI=1S/C13H26N4O2/c1-10(2)15-6-5-12(18)17-7-3-4-11(9-17)8-16-13(14)19/h10-11,15H,3-9H2,1-2H3,(H3,14,16,19). The summed E-state index contributed by atoms with van der Waals surface area (Å²) in [5, 5.41) is 5.87. The predicted molar refractivity (Wildman–Crippen MR) is 74.6 cm³/mol. The Hall–Kier alpha value is -1.30. The molecule has 0 aromatic heterocycles. The highest BCUT2D eigenvalue weighted by Gasteiger charge is 2.23. The van der Waals surface area contributed by atoms with E-state index in [1.54, 1.807) is 0 Å². The number of amides is 3. The first-order chi connectivity index (χ1) is 8.99. The molecule has 1 heterocycles. The molecular weight excluding hydrogens is 244 g/mol. The van der Waals surface area contributed by atoms with Gasteiger partial charge in [-0.1, -0.05) is 13.8 Å². The van der Waals surface area contributed by atoms with Crippen LogP contribution in [0.15, 0.2) is 0 Å². The van der Waals surface area contributed by atoms with E-state index in [9.17, 15) is 9.59 Å². The van der Waals surface area contributed by atoms with Gasteiger partial charge in [0.1, 0.15) is 0 Å². The molecule has 0 aliphatic carbocycles. The van der Waals surface area contributed by atoms with E-state index in [-0.39, 0.29) is 5.91 Å². The summed E-state index contributed by atoms with van der Waals surface area (Å²) < 4.78 is 0. The zero-order valence-corrected chi connectivity index (χ0v) is 11.9. The van der Waals surface area contributed by atoms with Crippen LogP contribution in [0.5, 0.6) is 0 Å². The molecule has 0 bridgehead atoms. The Balaban J connectivity index is 2.28. The third-order valence-electron chi connectivity index (χ3n) is 3.33.